The van der Waals surface area contributed by atoms with Gasteiger partial charge in [0.1, 0.15) is 0 Å². The standard InChI is InChI=1S/C20H26N4OS/c25-19(22-16-4-2-1-3-5-16)13-6-7-17-18(8-13)26-20(23-17)24-11-14-9-21-10-15(14)12-24/h6-8,14-16,21H,1-5,9-12H2,(H,22,25)/t14-,15+. The second-order valence-electron chi connectivity index (χ2n) is 8.07. The molecule has 0 radical (unpaired) electrons. The second kappa shape index (κ2) is 6.82. The summed E-state index contributed by atoms with van der Waals surface area (Å²) < 4.78 is 1.12. The van der Waals surface area contributed by atoms with E-state index in [1.54, 1.807) is 11.3 Å². The van der Waals surface area contributed by atoms with E-state index in [2.05, 4.69) is 15.5 Å². The normalized spacial score (nSPS) is 26.4. The molecule has 0 bridgehead atoms. The van der Waals surface area contributed by atoms with Crippen LogP contribution >= 0.6 is 11.3 Å². The van der Waals surface area contributed by atoms with Crippen molar-refractivity contribution in [3.05, 3.63) is 23.8 Å². The fraction of sp³-hybridized carbons (Fsp3) is 0.600. The van der Waals surface area contributed by atoms with Crippen molar-refractivity contribution in [2.24, 2.45) is 11.8 Å². The fourth-order valence-electron chi connectivity index (χ4n) is 4.72. The fourth-order valence-corrected chi connectivity index (χ4v) is 5.74. The molecule has 0 unspecified atom stereocenters. The zero-order valence-corrected chi connectivity index (χ0v) is 15.9. The number of hydrogen-bond donors (Lipinski definition) is 2. The van der Waals surface area contributed by atoms with Crippen molar-refractivity contribution in [3.8, 4) is 0 Å². The average molecular weight is 371 g/mol. The Kier molecular flexibility index (Phi) is 4.33. The Morgan fingerprint density at radius 1 is 1.15 bits per heavy atom. The molecule has 1 aromatic carbocycles. The quantitative estimate of drug-likeness (QED) is 0.872. The third-order valence-corrected chi connectivity index (χ3v) is 7.32. The summed E-state index contributed by atoms with van der Waals surface area (Å²) in [6.07, 6.45) is 6.00. The van der Waals surface area contributed by atoms with Crippen molar-refractivity contribution in [3.63, 3.8) is 0 Å². The first-order valence-electron chi connectivity index (χ1n) is 9.93. The summed E-state index contributed by atoms with van der Waals surface area (Å²) in [5.41, 5.74) is 1.77. The van der Waals surface area contributed by atoms with Crippen molar-refractivity contribution in [2.45, 2.75) is 38.1 Å². The molecule has 5 nitrogen and oxygen atoms in total. The molecule has 26 heavy (non-hydrogen) atoms. The number of hydrogen-bond acceptors (Lipinski definition) is 5. The van der Waals surface area contributed by atoms with E-state index in [0.29, 0.717) is 6.04 Å². The average Bonchev–Trinajstić information content (AvgIpc) is 3.35. The summed E-state index contributed by atoms with van der Waals surface area (Å²) in [6.45, 7) is 4.48. The van der Waals surface area contributed by atoms with Gasteiger partial charge in [-0.25, -0.2) is 4.98 Å². The minimum Gasteiger partial charge on any atom is -0.349 e. The van der Waals surface area contributed by atoms with Crippen LogP contribution in [0.3, 0.4) is 0 Å². The van der Waals surface area contributed by atoms with Crippen LogP contribution in [0.5, 0.6) is 0 Å². The molecular weight excluding hydrogens is 344 g/mol. The number of rotatable bonds is 3. The molecule has 1 amide bonds. The maximum absolute atomic E-state index is 12.6. The van der Waals surface area contributed by atoms with Crippen LogP contribution in [0, 0.1) is 11.8 Å². The van der Waals surface area contributed by atoms with Crippen LogP contribution in [0.1, 0.15) is 42.5 Å². The third kappa shape index (κ3) is 3.09. The van der Waals surface area contributed by atoms with Crippen molar-refractivity contribution >= 4 is 32.6 Å². The van der Waals surface area contributed by atoms with Gasteiger partial charge in [0.25, 0.3) is 5.91 Å². The van der Waals surface area contributed by atoms with E-state index in [0.717, 1.165) is 71.8 Å². The molecule has 0 spiro atoms. The summed E-state index contributed by atoms with van der Waals surface area (Å²) in [5, 5.41) is 7.81. The number of nitrogens with zero attached hydrogens (tertiary/aromatic N) is 2. The van der Waals surface area contributed by atoms with Gasteiger partial charge >= 0.3 is 0 Å². The molecule has 5 rings (SSSR count). The van der Waals surface area contributed by atoms with E-state index >= 15 is 0 Å². The topological polar surface area (TPSA) is 57.3 Å². The van der Waals surface area contributed by atoms with Gasteiger partial charge in [-0.1, -0.05) is 30.6 Å². The maximum Gasteiger partial charge on any atom is 0.251 e. The Morgan fingerprint density at radius 3 is 2.69 bits per heavy atom. The first-order valence-corrected chi connectivity index (χ1v) is 10.7. The molecule has 2 aliphatic heterocycles. The summed E-state index contributed by atoms with van der Waals surface area (Å²) in [6, 6.07) is 6.30. The van der Waals surface area contributed by atoms with Crippen LogP contribution in [-0.2, 0) is 0 Å². The lowest BCUT2D eigenvalue weighted by Gasteiger charge is -2.22. The van der Waals surface area contributed by atoms with E-state index < -0.39 is 0 Å². The number of thiazole rings is 1. The highest BCUT2D eigenvalue weighted by atomic mass is 32.1. The molecule has 2 atom stereocenters. The Labute approximate surface area is 158 Å². The highest BCUT2D eigenvalue weighted by Gasteiger charge is 2.37. The highest BCUT2D eigenvalue weighted by Crippen LogP contribution is 2.35. The van der Waals surface area contributed by atoms with Gasteiger partial charge in [-0.05, 0) is 42.9 Å². The number of benzene rings is 1. The monoisotopic (exact) mass is 370 g/mol. The van der Waals surface area contributed by atoms with E-state index in [9.17, 15) is 4.79 Å². The van der Waals surface area contributed by atoms with E-state index in [4.69, 9.17) is 4.98 Å². The molecule has 1 aliphatic carbocycles. The number of fused-ring (bicyclic) bond motifs is 2. The van der Waals surface area contributed by atoms with E-state index in [-0.39, 0.29) is 5.91 Å². The molecule has 2 N–H and O–H groups in total. The van der Waals surface area contributed by atoms with Gasteiger partial charge < -0.3 is 15.5 Å². The molecule has 2 saturated heterocycles. The zero-order valence-electron chi connectivity index (χ0n) is 15.0. The number of carbonyl (C=O) groups excluding carboxylic acids is 1. The minimum absolute atomic E-state index is 0.0653. The van der Waals surface area contributed by atoms with Gasteiger partial charge in [-0.15, -0.1) is 0 Å². The van der Waals surface area contributed by atoms with E-state index in [1.807, 2.05) is 18.2 Å². The predicted octanol–water partition coefficient (Wildman–Crippen LogP) is 3.01. The molecule has 2 aromatic rings. The first-order chi connectivity index (χ1) is 12.8. The smallest absolute Gasteiger partial charge is 0.251 e. The van der Waals surface area contributed by atoms with Crippen molar-refractivity contribution in [2.75, 3.05) is 31.1 Å². The summed E-state index contributed by atoms with van der Waals surface area (Å²) >= 11 is 1.73. The van der Waals surface area contributed by atoms with Crippen molar-refractivity contribution in [1.29, 1.82) is 0 Å². The molecule has 3 heterocycles. The number of aromatic nitrogens is 1. The largest absolute Gasteiger partial charge is 0.349 e. The Morgan fingerprint density at radius 2 is 1.92 bits per heavy atom. The number of amides is 1. The van der Waals surface area contributed by atoms with Gasteiger partial charge in [-0.2, -0.15) is 0 Å². The molecule has 3 fully saturated rings. The van der Waals surface area contributed by atoms with Crippen LogP contribution in [0.4, 0.5) is 5.13 Å². The molecule has 1 aromatic heterocycles. The highest BCUT2D eigenvalue weighted by molar-refractivity contribution is 7.22. The van der Waals surface area contributed by atoms with Gasteiger partial charge in [0.15, 0.2) is 5.13 Å². The minimum atomic E-state index is 0.0653. The van der Waals surface area contributed by atoms with Crippen LogP contribution in [0.25, 0.3) is 10.2 Å². The van der Waals surface area contributed by atoms with Crippen LogP contribution in [0.15, 0.2) is 18.2 Å². The van der Waals surface area contributed by atoms with Crippen LogP contribution in [0.2, 0.25) is 0 Å². The van der Waals surface area contributed by atoms with Gasteiger partial charge in [0.2, 0.25) is 0 Å². The lowest BCUT2D eigenvalue weighted by atomic mass is 9.95. The van der Waals surface area contributed by atoms with Crippen LogP contribution in [-0.4, -0.2) is 43.1 Å². The molecule has 138 valence electrons. The van der Waals surface area contributed by atoms with Gasteiger partial charge in [-0.3, -0.25) is 4.79 Å². The van der Waals surface area contributed by atoms with Crippen LogP contribution < -0.4 is 15.5 Å². The summed E-state index contributed by atoms with van der Waals surface area (Å²) in [7, 11) is 0. The van der Waals surface area contributed by atoms with Gasteiger partial charge in [0.05, 0.1) is 10.2 Å². The number of anilines is 1. The predicted molar refractivity (Wildman–Crippen MR) is 106 cm³/mol. The molecular formula is C20H26N4OS. The molecule has 6 heteroatoms. The SMILES string of the molecule is O=C(NC1CCCCC1)c1ccc2nc(N3C[C@H]4CNC[C@H]4C3)sc2c1. The zero-order chi connectivity index (χ0) is 17.5. The molecule has 3 aliphatic rings. The lowest BCUT2D eigenvalue weighted by molar-refractivity contribution is 0.0928. The maximum atomic E-state index is 12.6. The Hall–Kier alpha value is -1.66. The van der Waals surface area contributed by atoms with Crippen molar-refractivity contribution in [1.82, 2.24) is 15.6 Å². The number of nitrogens with one attached hydrogen (secondary N) is 2. The third-order valence-electron chi connectivity index (χ3n) is 6.24. The first kappa shape index (κ1) is 16.5. The molecule has 1 saturated carbocycles. The lowest BCUT2D eigenvalue weighted by Crippen LogP contribution is -2.36. The summed E-state index contributed by atoms with van der Waals surface area (Å²) in [5.74, 6) is 1.59. The second-order valence-corrected chi connectivity index (χ2v) is 9.08. The van der Waals surface area contributed by atoms with E-state index in [1.165, 1.54) is 19.3 Å². The Balaban J connectivity index is 1.32. The number of carbonyl (C=O) groups is 1. The Bertz CT molecular complexity index is 801. The summed E-state index contributed by atoms with van der Waals surface area (Å²) in [4.78, 5) is 19.9. The van der Waals surface area contributed by atoms with Gasteiger partial charge in [0, 0.05) is 37.8 Å². The van der Waals surface area contributed by atoms with Crippen molar-refractivity contribution < 1.29 is 4.79 Å².